The summed E-state index contributed by atoms with van der Waals surface area (Å²) in [5, 5.41) is 10.2. The summed E-state index contributed by atoms with van der Waals surface area (Å²) in [6, 6.07) is 3.74. The fourth-order valence-electron chi connectivity index (χ4n) is 3.08. The molecule has 1 N–H and O–H groups in total. The summed E-state index contributed by atoms with van der Waals surface area (Å²) < 4.78 is 5.30. The van der Waals surface area contributed by atoms with Crippen molar-refractivity contribution in [3.05, 3.63) is 30.1 Å². The Bertz CT molecular complexity index is 459. The van der Waals surface area contributed by atoms with Gasteiger partial charge in [-0.05, 0) is 30.9 Å². The van der Waals surface area contributed by atoms with Gasteiger partial charge in [-0.25, -0.2) is 0 Å². The maximum absolute atomic E-state index is 12.5. The molecule has 1 aromatic heterocycles. The minimum Gasteiger partial charge on any atom is -0.391 e. The second-order valence-corrected chi connectivity index (χ2v) is 5.58. The lowest BCUT2D eigenvalue weighted by molar-refractivity contribution is -0.137. The molecule has 0 aromatic carbocycles. The third-order valence-electron chi connectivity index (χ3n) is 4.24. The first-order chi connectivity index (χ1) is 9.75. The Balaban J connectivity index is 1.71. The molecule has 0 aliphatic carbocycles. The van der Waals surface area contributed by atoms with Gasteiger partial charge in [0.15, 0.2) is 0 Å². The van der Waals surface area contributed by atoms with Crippen LogP contribution in [0.1, 0.15) is 18.4 Å². The molecule has 108 valence electrons. The molecule has 0 radical (unpaired) electrons. The number of aliphatic hydroxyl groups is 1. The molecule has 2 fully saturated rings. The van der Waals surface area contributed by atoms with Gasteiger partial charge in [0.05, 0.1) is 24.7 Å². The topological polar surface area (TPSA) is 62.7 Å². The molecule has 1 unspecified atom stereocenters. The number of likely N-dealkylation sites (tertiary alicyclic amines) is 1. The summed E-state index contributed by atoms with van der Waals surface area (Å²) in [7, 11) is 0. The molecule has 0 saturated carbocycles. The molecule has 3 heterocycles. The van der Waals surface area contributed by atoms with Crippen LogP contribution in [0.2, 0.25) is 0 Å². The second kappa shape index (κ2) is 5.89. The highest BCUT2D eigenvalue weighted by Crippen LogP contribution is 2.26. The van der Waals surface area contributed by atoms with Crippen molar-refractivity contribution < 1.29 is 14.6 Å². The van der Waals surface area contributed by atoms with Gasteiger partial charge in [0.1, 0.15) is 0 Å². The van der Waals surface area contributed by atoms with Crippen molar-refractivity contribution in [3.8, 4) is 0 Å². The molecule has 2 aliphatic rings. The summed E-state index contributed by atoms with van der Waals surface area (Å²) in [4.78, 5) is 18.5. The van der Waals surface area contributed by atoms with Crippen LogP contribution in [0.4, 0.5) is 0 Å². The molecular formula is C15H20N2O3. The molecule has 1 amide bonds. The first kappa shape index (κ1) is 13.5. The highest BCUT2D eigenvalue weighted by molar-refractivity contribution is 5.80. The van der Waals surface area contributed by atoms with Crippen molar-refractivity contribution in [2.24, 2.45) is 5.92 Å². The Labute approximate surface area is 118 Å². The number of aliphatic hydroxyl groups excluding tert-OH is 1. The molecular weight excluding hydrogens is 256 g/mol. The Morgan fingerprint density at radius 2 is 2.40 bits per heavy atom. The number of hydrogen-bond donors (Lipinski definition) is 1. The zero-order valence-electron chi connectivity index (χ0n) is 11.4. The Hall–Kier alpha value is -1.46. The minimum atomic E-state index is -0.443. The highest BCUT2D eigenvalue weighted by atomic mass is 16.5. The highest BCUT2D eigenvalue weighted by Gasteiger charge is 2.39. The van der Waals surface area contributed by atoms with E-state index in [9.17, 15) is 9.90 Å². The van der Waals surface area contributed by atoms with Gasteiger partial charge < -0.3 is 14.7 Å². The van der Waals surface area contributed by atoms with Crippen LogP contribution in [0.3, 0.4) is 0 Å². The average Bonchev–Trinajstić information content (AvgIpc) is 3.11. The quantitative estimate of drug-likeness (QED) is 0.879. The van der Waals surface area contributed by atoms with Crippen LogP contribution < -0.4 is 0 Å². The largest absolute Gasteiger partial charge is 0.391 e. The van der Waals surface area contributed by atoms with E-state index >= 15 is 0 Å². The van der Waals surface area contributed by atoms with Gasteiger partial charge in [0.25, 0.3) is 0 Å². The van der Waals surface area contributed by atoms with E-state index in [0.717, 1.165) is 12.0 Å². The normalized spacial score (nSPS) is 29.9. The molecule has 2 saturated heterocycles. The van der Waals surface area contributed by atoms with Crippen molar-refractivity contribution >= 4 is 5.91 Å². The Morgan fingerprint density at radius 3 is 3.10 bits per heavy atom. The van der Waals surface area contributed by atoms with Crippen LogP contribution in [-0.2, 0) is 16.0 Å². The number of nitrogens with zero attached hydrogens (tertiary/aromatic N) is 2. The maximum atomic E-state index is 12.5. The summed E-state index contributed by atoms with van der Waals surface area (Å²) in [5.41, 5.74) is 1.05. The number of rotatable bonds is 3. The van der Waals surface area contributed by atoms with Crippen LogP contribution in [0, 0.1) is 5.92 Å². The predicted molar refractivity (Wildman–Crippen MR) is 73.0 cm³/mol. The lowest BCUT2D eigenvalue weighted by Gasteiger charge is -2.28. The molecule has 0 spiro atoms. The summed E-state index contributed by atoms with van der Waals surface area (Å²) in [5.74, 6) is 0.102. The van der Waals surface area contributed by atoms with E-state index in [4.69, 9.17) is 4.74 Å². The lowest BCUT2D eigenvalue weighted by atomic mass is 10.0. The van der Waals surface area contributed by atoms with Gasteiger partial charge in [-0.1, -0.05) is 6.07 Å². The standard InChI is InChI=1S/C15H20N2O3/c18-14-3-6-17(15(19)12-4-7-20-10-12)13(14)8-11-2-1-5-16-9-11/h1-2,5,9,12-14,18H,3-4,6-8,10H2/t12?,13-,14-/m1/s1. The van der Waals surface area contributed by atoms with E-state index in [0.29, 0.717) is 32.6 Å². The molecule has 5 nitrogen and oxygen atoms in total. The van der Waals surface area contributed by atoms with Crippen molar-refractivity contribution in [3.63, 3.8) is 0 Å². The molecule has 0 bridgehead atoms. The average molecular weight is 276 g/mol. The number of ether oxygens (including phenoxy) is 1. The summed E-state index contributed by atoms with van der Waals surface area (Å²) >= 11 is 0. The van der Waals surface area contributed by atoms with Gasteiger partial charge in [-0.15, -0.1) is 0 Å². The number of carbonyl (C=O) groups excluding carboxylic acids is 1. The van der Waals surface area contributed by atoms with E-state index in [1.165, 1.54) is 0 Å². The van der Waals surface area contributed by atoms with E-state index in [2.05, 4.69) is 4.98 Å². The molecule has 3 rings (SSSR count). The number of carbonyl (C=O) groups is 1. The lowest BCUT2D eigenvalue weighted by Crippen LogP contribution is -2.44. The summed E-state index contributed by atoms with van der Waals surface area (Å²) in [6.45, 7) is 1.83. The van der Waals surface area contributed by atoms with Crippen molar-refractivity contribution in [2.75, 3.05) is 19.8 Å². The van der Waals surface area contributed by atoms with Crippen molar-refractivity contribution in [1.29, 1.82) is 0 Å². The molecule has 3 atom stereocenters. The van der Waals surface area contributed by atoms with E-state index in [1.54, 1.807) is 12.4 Å². The smallest absolute Gasteiger partial charge is 0.228 e. The minimum absolute atomic E-state index is 0.0308. The van der Waals surface area contributed by atoms with Crippen LogP contribution in [0.15, 0.2) is 24.5 Å². The Kier molecular flexibility index (Phi) is 3.98. The maximum Gasteiger partial charge on any atom is 0.228 e. The summed E-state index contributed by atoms with van der Waals surface area (Å²) in [6.07, 6.45) is 5.20. The van der Waals surface area contributed by atoms with E-state index in [-0.39, 0.29) is 17.9 Å². The van der Waals surface area contributed by atoms with Gasteiger partial charge >= 0.3 is 0 Å². The SMILES string of the molecule is O=C(C1CCOC1)N1CC[C@@H](O)[C@H]1Cc1cccnc1. The van der Waals surface area contributed by atoms with Crippen molar-refractivity contribution in [2.45, 2.75) is 31.4 Å². The monoisotopic (exact) mass is 276 g/mol. The molecule has 1 aromatic rings. The van der Waals surface area contributed by atoms with Gasteiger partial charge in [-0.2, -0.15) is 0 Å². The Morgan fingerprint density at radius 1 is 1.50 bits per heavy atom. The molecule has 2 aliphatic heterocycles. The third kappa shape index (κ3) is 2.69. The zero-order valence-corrected chi connectivity index (χ0v) is 11.4. The number of amides is 1. The number of pyridine rings is 1. The van der Waals surface area contributed by atoms with Crippen LogP contribution in [0.5, 0.6) is 0 Å². The van der Waals surface area contributed by atoms with E-state index < -0.39 is 6.10 Å². The van der Waals surface area contributed by atoms with Gasteiger partial charge in [0, 0.05) is 25.5 Å². The van der Waals surface area contributed by atoms with Crippen LogP contribution in [-0.4, -0.2) is 52.8 Å². The van der Waals surface area contributed by atoms with E-state index in [1.807, 2.05) is 17.0 Å². The van der Waals surface area contributed by atoms with Crippen molar-refractivity contribution in [1.82, 2.24) is 9.88 Å². The van der Waals surface area contributed by atoms with Crippen LogP contribution in [0.25, 0.3) is 0 Å². The predicted octanol–water partition coefficient (Wildman–Crippen LogP) is 0.622. The zero-order chi connectivity index (χ0) is 13.9. The number of hydrogen-bond acceptors (Lipinski definition) is 4. The van der Waals surface area contributed by atoms with Gasteiger partial charge in [0.2, 0.25) is 5.91 Å². The fraction of sp³-hybridized carbons (Fsp3) is 0.600. The number of aromatic nitrogens is 1. The fourth-order valence-corrected chi connectivity index (χ4v) is 3.08. The first-order valence-corrected chi connectivity index (χ1v) is 7.21. The molecule has 20 heavy (non-hydrogen) atoms. The third-order valence-corrected chi connectivity index (χ3v) is 4.24. The molecule has 5 heteroatoms. The van der Waals surface area contributed by atoms with Crippen LogP contribution >= 0.6 is 0 Å². The second-order valence-electron chi connectivity index (χ2n) is 5.58. The first-order valence-electron chi connectivity index (χ1n) is 7.21. The van der Waals surface area contributed by atoms with Gasteiger partial charge in [-0.3, -0.25) is 9.78 Å².